The summed E-state index contributed by atoms with van der Waals surface area (Å²) in [7, 11) is -6.45. The zero-order valence-electron chi connectivity index (χ0n) is 28.2. The summed E-state index contributed by atoms with van der Waals surface area (Å²) in [6, 6.07) is 11.8. The van der Waals surface area contributed by atoms with Crippen molar-refractivity contribution in [3.05, 3.63) is 65.5 Å². The second kappa shape index (κ2) is 15.8. The highest BCUT2D eigenvalue weighted by Crippen LogP contribution is 2.30. The van der Waals surface area contributed by atoms with Gasteiger partial charge in [-0.1, -0.05) is 30.3 Å². The monoisotopic (exact) mass is 706 g/mol. The van der Waals surface area contributed by atoms with Crippen LogP contribution in [-0.4, -0.2) is 93.8 Å². The summed E-state index contributed by atoms with van der Waals surface area (Å²) in [6.07, 6.45) is 1.19. The number of sulfonamides is 2. The van der Waals surface area contributed by atoms with Gasteiger partial charge in [0.25, 0.3) is 15.9 Å². The van der Waals surface area contributed by atoms with Gasteiger partial charge in [-0.25, -0.2) is 16.8 Å². The number of carbonyl (C=O) groups excluding carboxylic acids is 1. The van der Waals surface area contributed by atoms with E-state index in [-0.39, 0.29) is 64.0 Å². The Morgan fingerprint density at radius 2 is 1.79 bits per heavy atom. The van der Waals surface area contributed by atoms with Crippen LogP contribution in [-0.2, 0) is 24.8 Å². The lowest BCUT2D eigenvalue weighted by Crippen LogP contribution is -2.48. The first-order valence-electron chi connectivity index (χ1n) is 16.0. The number of hydrogen-bond donors (Lipinski definition) is 2. The number of fused-ring (bicyclic) bond motifs is 1. The molecule has 0 spiro atoms. The summed E-state index contributed by atoms with van der Waals surface area (Å²) >= 11 is 0. The Balaban J connectivity index is 1.69. The van der Waals surface area contributed by atoms with Crippen LogP contribution in [0.1, 0.15) is 61.8 Å². The molecular weight excluding hydrogens is 661 g/mol. The van der Waals surface area contributed by atoms with Crippen LogP contribution in [0, 0.1) is 19.8 Å². The molecule has 1 aliphatic rings. The summed E-state index contributed by atoms with van der Waals surface area (Å²) in [5.74, 6) is -0.406. The third kappa shape index (κ3) is 8.74. The molecule has 2 aromatic carbocycles. The molecule has 13 nitrogen and oxygen atoms in total. The normalized spacial score (nSPS) is 20.9. The number of carbonyl (C=O) groups is 1. The molecule has 0 fully saturated rings. The van der Waals surface area contributed by atoms with E-state index in [1.54, 1.807) is 51.1 Å². The van der Waals surface area contributed by atoms with Gasteiger partial charge in [0.05, 0.1) is 35.3 Å². The van der Waals surface area contributed by atoms with E-state index in [0.29, 0.717) is 19.4 Å². The average Bonchev–Trinajstić information content (AvgIpc) is 3.40. The molecule has 0 aliphatic carbocycles. The van der Waals surface area contributed by atoms with Gasteiger partial charge in [-0.05, 0) is 77.3 Å². The molecule has 1 aliphatic heterocycles. The fraction of sp³-hybridized carbons (Fsp3) is 0.515. The SMILES string of the molecule is Cc1noc(C)c1S(=O)(=O)N(C)C[C@H]1OCCCC[C@H](C)Oc2ccc(NS(=O)(=O)c3ccccc3)cc2C(=O)N([C@H](C)CO)C[C@H]1C. The molecule has 0 saturated heterocycles. The van der Waals surface area contributed by atoms with Crippen LogP contribution in [0.2, 0.25) is 0 Å². The lowest BCUT2D eigenvalue weighted by Gasteiger charge is -2.35. The fourth-order valence-corrected chi connectivity index (χ4v) is 8.15. The number of amides is 1. The smallest absolute Gasteiger partial charge is 0.261 e. The van der Waals surface area contributed by atoms with Crippen molar-refractivity contribution in [2.75, 3.05) is 38.1 Å². The van der Waals surface area contributed by atoms with E-state index >= 15 is 0 Å². The summed E-state index contributed by atoms with van der Waals surface area (Å²) < 4.78 is 74.7. The molecule has 15 heteroatoms. The number of likely N-dealkylation sites (N-methyl/N-ethyl adjacent to an activating group) is 1. The topological polar surface area (TPSA) is 169 Å². The van der Waals surface area contributed by atoms with Crippen LogP contribution in [0.3, 0.4) is 0 Å². The second-order valence-electron chi connectivity index (χ2n) is 12.4. The standard InChI is InChI=1S/C33H46N4O9S2/c1-22-19-37(23(2)21-38)33(39)29-18-27(35-47(40,41)28-13-8-7-9-14-28)15-16-30(29)45-24(3)12-10-11-17-44-31(22)20-36(6)48(42,43)32-25(4)34-46-26(32)5/h7-9,13-16,18,22-24,31,35,38H,10-12,17,19-21H2,1-6H3/t22-,23-,24+,31-/m1/s1. The molecule has 1 aromatic heterocycles. The van der Waals surface area contributed by atoms with Crippen molar-refractivity contribution < 1.29 is 40.7 Å². The van der Waals surface area contributed by atoms with Gasteiger partial charge >= 0.3 is 0 Å². The van der Waals surface area contributed by atoms with Gasteiger partial charge in [-0.2, -0.15) is 4.31 Å². The lowest BCUT2D eigenvalue weighted by molar-refractivity contribution is -0.00835. The van der Waals surface area contributed by atoms with Gasteiger partial charge in [0.15, 0.2) is 5.76 Å². The molecule has 1 amide bonds. The lowest BCUT2D eigenvalue weighted by atomic mass is 10.0. The maximum atomic E-state index is 14.4. The van der Waals surface area contributed by atoms with E-state index in [0.717, 1.165) is 6.42 Å². The summed E-state index contributed by atoms with van der Waals surface area (Å²) in [4.78, 5) is 15.9. The van der Waals surface area contributed by atoms with Crippen molar-refractivity contribution >= 4 is 31.6 Å². The van der Waals surface area contributed by atoms with Crippen LogP contribution in [0.4, 0.5) is 5.69 Å². The molecule has 2 N–H and O–H groups in total. The van der Waals surface area contributed by atoms with Gasteiger partial charge in [0, 0.05) is 38.3 Å². The quantitative estimate of drug-likeness (QED) is 0.329. The number of nitrogens with zero attached hydrogens (tertiary/aromatic N) is 3. The highest BCUT2D eigenvalue weighted by atomic mass is 32.2. The minimum Gasteiger partial charge on any atom is -0.490 e. The van der Waals surface area contributed by atoms with E-state index in [2.05, 4.69) is 9.88 Å². The summed E-state index contributed by atoms with van der Waals surface area (Å²) in [6.45, 7) is 8.66. The number of aliphatic hydroxyl groups excluding tert-OH is 1. The number of anilines is 1. The summed E-state index contributed by atoms with van der Waals surface area (Å²) in [5, 5.41) is 14.0. The third-order valence-corrected chi connectivity index (χ3v) is 11.9. The Hall–Kier alpha value is -3.50. The first kappa shape index (κ1) is 37.3. The van der Waals surface area contributed by atoms with E-state index in [1.165, 1.54) is 34.5 Å². The number of aryl methyl sites for hydroxylation is 2. The zero-order valence-corrected chi connectivity index (χ0v) is 29.9. The summed E-state index contributed by atoms with van der Waals surface area (Å²) in [5.41, 5.74) is 0.545. The van der Waals surface area contributed by atoms with Gasteiger partial charge in [0.2, 0.25) is 10.0 Å². The van der Waals surface area contributed by atoms with Gasteiger partial charge < -0.3 is 24.0 Å². The number of rotatable bonds is 9. The minimum atomic E-state index is -3.97. The molecule has 48 heavy (non-hydrogen) atoms. The van der Waals surface area contributed by atoms with Crippen LogP contribution < -0.4 is 9.46 Å². The number of aliphatic hydroxyl groups is 1. The van der Waals surface area contributed by atoms with Crippen LogP contribution in [0.15, 0.2) is 62.8 Å². The first-order valence-corrected chi connectivity index (χ1v) is 18.9. The number of aromatic nitrogens is 1. The number of nitrogens with one attached hydrogen (secondary N) is 1. The van der Waals surface area contributed by atoms with Gasteiger partial charge in [-0.3, -0.25) is 9.52 Å². The fourth-order valence-electron chi connectivity index (χ4n) is 5.61. The Morgan fingerprint density at radius 3 is 2.44 bits per heavy atom. The molecule has 0 saturated carbocycles. The van der Waals surface area contributed by atoms with Crippen LogP contribution >= 0.6 is 0 Å². The van der Waals surface area contributed by atoms with Crippen molar-refractivity contribution in [3.63, 3.8) is 0 Å². The van der Waals surface area contributed by atoms with Crippen molar-refractivity contribution in [1.82, 2.24) is 14.4 Å². The molecular formula is C33H46N4O9S2. The average molecular weight is 707 g/mol. The predicted octanol–water partition coefficient (Wildman–Crippen LogP) is 4.21. The van der Waals surface area contributed by atoms with Gasteiger partial charge in [0.1, 0.15) is 16.3 Å². The Bertz CT molecular complexity index is 1740. The minimum absolute atomic E-state index is 0.00791. The molecule has 4 atom stereocenters. The van der Waals surface area contributed by atoms with Gasteiger partial charge in [-0.15, -0.1) is 0 Å². The maximum absolute atomic E-state index is 14.4. The molecule has 3 aromatic rings. The van der Waals surface area contributed by atoms with Crippen LogP contribution in [0.25, 0.3) is 0 Å². The third-order valence-electron chi connectivity index (χ3n) is 8.43. The van der Waals surface area contributed by atoms with Crippen molar-refractivity contribution in [2.24, 2.45) is 5.92 Å². The van der Waals surface area contributed by atoms with E-state index < -0.39 is 44.0 Å². The predicted molar refractivity (Wildman–Crippen MR) is 180 cm³/mol. The first-order chi connectivity index (χ1) is 22.6. The highest BCUT2D eigenvalue weighted by molar-refractivity contribution is 7.92. The molecule has 264 valence electrons. The Kier molecular flexibility index (Phi) is 12.3. The second-order valence-corrected chi connectivity index (χ2v) is 16.0. The van der Waals surface area contributed by atoms with Crippen molar-refractivity contribution in [1.29, 1.82) is 0 Å². The maximum Gasteiger partial charge on any atom is 0.261 e. The number of benzene rings is 2. The van der Waals surface area contributed by atoms with E-state index in [9.17, 15) is 26.7 Å². The number of ether oxygens (including phenoxy) is 2. The Morgan fingerprint density at radius 1 is 1.08 bits per heavy atom. The van der Waals surface area contributed by atoms with Crippen LogP contribution in [0.5, 0.6) is 5.75 Å². The van der Waals surface area contributed by atoms with E-state index in [1.807, 2.05) is 13.8 Å². The van der Waals surface area contributed by atoms with E-state index in [4.69, 9.17) is 14.0 Å². The molecule has 2 heterocycles. The molecule has 0 radical (unpaired) electrons. The molecule has 0 unspecified atom stereocenters. The van der Waals surface area contributed by atoms with Crippen molar-refractivity contribution in [2.45, 2.75) is 81.9 Å². The van der Waals surface area contributed by atoms with Crippen molar-refractivity contribution in [3.8, 4) is 5.75 Å². The zero-order chi connectivity index (χ0) is 35.2. The highest BCUT2D eigenvalue weighted by Gasteiger charge is 2.34. The largest absolute Gasteiger partial charge is 0.490 e. The Labute approximate surface area is 283 Å². The molecule has 0 bridgehead atoms. The molecule has 4 rings (SSSR count). The number of hydrogen-bond acceptors (Lipinski definition) is 10.